The molecule has 2 heterocycles. The normalized spacial score (nSPS) is 16.5. The number of pyridine rings is 1. The molecule has 2 rings (SSSR count). The zero-order valence-corrected chi connectivity index (χ0v) is 12.2. The van der Waals surface area contributed by atoms with E-state index < -0.39 is 0 Å². The predicted octanol–water partition coefficient (Wildman–Crippen LogP) is 0.781. The van der Waals surface area contributed by atoms with Gasteiger partial charge in [-0.1, -0.05) is 13.8 Å². The molecule has 1 amide bonds. The molecule has 0 bridgehead atoms. The number of hydrogen-bond donors (Lipinski definition) is 2. The van der Waals surface area contributed by atoms with Crippen LogP contribution in [-0.2, 0) is 0 Å². The van der Waals surface area contributed by atoms with E-state index in [1.807, 2.05) is 4.90 Å². The van der Waals surface area contributed by atoms with Crippen LogP contribution in [0.4, 0.5) is 5.82 Å². The summed E-state index contributed by atoms with van der Waals surface area (Å²) in [6, 6.07) is 3.41. The van der Waals surface area contributed by atoms with Crippen molar-refractivity contribution in [3.05, 3.63) is 23.9 Å². The van der Waals surface area contributed by atoms with E-state index in [4.69, 9.17) is 5.84 Å². The third-order valence-electron chi connectivity index (χ3n) is 3.44. The Morgan fingerprint density at radius 2 is 2.10 bits per heavy atom. The van der Waals surface area contributed by atoms with Crippen LogP contribution >= 0.6 is 0 Å². The highest BCUT2D eigenvalue weighted by atomic mass is 16.2. The van der Waals surface area contributed by atoms with E-state index in [1.54, 1.807) is 18.3 Å². The van der Waals surface area contributed by atoms with E-state index in [-0.39, 0.29) is 5.91 Å². The monoisotopic (exact) mass is 277 g/mol. The van der Waals surface area contributed by atoms with Gasteiger partial charge in [0.1, 0.15) is 5.82 Å². The molecule has 1 aliphatic heterocycles. The second kappa shape index (κ2) is 6.67. The van der Waals surface area contributed by atoms with Crippen molar-refractivity contribution in [3.8, 4) is 0 Å². The van der Waals surface area contributed by atoms with Crippen LogP contribution in [-0.4, -0.2) is 53.4 Å². The molecule has 1 fully saturated rings. The van der Waals surface area contributed by atoms with Gasteiger partial charge in [0.15, 0.2) is 0 Å². The Bertz CT molecular complexity index is 455. The number of nitrogens with two attached hydrogens (primary N) is 1. The van der Waals surface area contributed by atoms with Crippen molar-refractivity contribution in [1.29, 1.82) is 0 Å². The number of nitrogens with one attached hydrogen (secondary N) is 1. The molecule has 6 heteroatoms. The molecule has 0 saturated carbocycles. The van der Waals surface area contributed by atoms with Crippen LogP contribution in [0.25, 0.3) is 0 Å². The summed E-state index contributed by atoms with van der Waals surface area (Å²) in [6.07, 6.45) is 1.59. The highest BCUT2D eigenvalue weighted by Gasteiger charge is 2.22. The molecular formula is C14H23N5O. The summed E-state index contributed by atoms with van der Waals surface area (Å²) in [4.78, 5) is 20.7. The highest BCUT2D eigenvalue weighted by molar-refractivity contribution is 5.94. The Hall–Kier alpha value is -1.66. The number of rotatable bonds is 4. The number of nitrogen functional groups attached to an aromatic ring is 1. The van der Waals surface area contributed by atoms with Gasteiger partial charge in [0, 0.05) is 44.5 Å². The summed E-state index contributed by atoms with van der Waals surface area (Å²) >= 11 is 0. The lowest BCUT2D eigenvalue weighted by Gasteiger charge is -2.35. The molecule has 1 aromatic heterocycles. The summed E-state index contributed by atoms with van der Waals surface area (Å²) in [5.74, 6) is 6.54. The van der Waals surface area contributed by atoms with Crippen molar-refractivity contribution >= 4 is 11.7 Å². The number of nitrogens with zero attached hydrogens (tertiary/aromatic N) is 3. The Morgan fingerprint density at radius 1 is 1.40 bits per heavy atom. The van der Waals surface area contributed by atoms with Crippen LogP contribution < -0.4 is 11.3 Å². The van der Waals surface area contributed by atoms with Crippen molar-refractivity contribution in [2.75, 3.05) is 38.1 Å². The Kier molecular flexibility index (Phi) is 4.92. The molecule has 3 N–H and O–H groups in total. The molecule has 20 heavy (non-hydrogen) atoms. The first-order chi connectivity index (χ1) is 9.60. The van der Waals surface area contributed by atoms with E-state index in [0.29, 0.717) is 17.3 Å². The molecular weight excluding hydrogens is 254 g/mol. The van der Waals surface area contributed by atoms with E-state index >= 15 is 0 Å². The molecule has 1 aliphatic rings. The molecule has 6 nitrogen and oxygen atoms in total. The minimum absolute atomic E-state index is 0.0492. The van der Waals surface area contributed by atoms with Crippen molar-refractivity contribution in [2.24, 2.45) is 11.8 Å². The first-order valence-corrected chi connectivity index (χ1v) is 7.04. The van der Waals surface area contributed by atoms with Crippen LogP contribution in [0.5, 0.6) is 0 Å². The number of hydrogen-bond acceptors (Lipinski definition) is 5. The predicted molar refractivity (Wildman–Crippen MR) is 79.2 cm³/mol. The summed E-state index contributed by atoms with van der Waals surface area (Å²) in [5, 5.41) is 0. The van der Waals surface area contributed by atoms with Crippen molar-refractivity contribution < 1.29 is 4.79 Å². The van der Waals surface area contributed by atoms with E-state index in [0.717, 1.165) is 32.7 Å². The lowest BCUT2D eigenvalue weighted by atomic mass is 10.1. The Labute approximate surface area is 119 Å². The zero-order valence-electron chi connectivity index (χ0n) is 12.2. The number of carbonyl (C=O) groups is 1. The average molecular weight is 277 g/mol. The molecule has 0 aromatic carbocycles. The number of anilines is 1. The number of hydrazine groups is 1. The van der Waals surface area contributed by atoms with E-state index in [1.165, 1.54) is 0 Å². The standard InChI is InChI=1S/C14H23N5O/c1-11(2)10-18-5-7-19(8-6-18)14(20)12-3-4-16-13(9-12)17-15/h3-4,9,11H,5-8,10,15H2,1-2H3,(H,16,17). The molecule has 0 spiro atoms. The molecule has 1 aromatic rings. The fourth-order valence-corrected chi connectivity index (χ4v) is 2.48. The van der Waals surface area contributed by atoms with Crippen LogP contribution in [0, 0.1) is 5.92 Å². The maximum Gasteiger partial charge on any atom is 0.254 e. The third kappa shape index (κ3) is 3.68. The summed E-state index contributed by atoms with van der Waals surface area (Å²) < 4.78 is 0. The maximum absolute atomic E-state index is 12.4. The van der Waals surface area contributed by atoms with Crippen LogP contribution in [0.2, 0.25) is 0 Å². The van der Waals surface area contributed by atoms with Crippen LogP contribution in [0.15, 0.2) is 18.3 Å². The van der Waals surface area contributed by atoms with Gasteiger partial charge in [-0.25, -0.2) is 10.8 Å². The Morgan fingerprint density at radius 3 is 2.70 bits per heavy atom. The highest BCUT2D eigenvalue weighted by Crippen LogP contribution is 2.12. The van der Waals surface area contributed by atoms with Gasteiger partial charge in [0.25, 0.3) is 5.91 Å². The summed E-state index contributed by atoms with van der Waals surface area (Å²) in [7, 11) is 0. The molecule has 0 atom stereocenters. The number of amides is 1. The minimum Gasteiger partial charge on any atom is -0.336 e. The molecule has 0 radical (unpaired) electrons. The lowest BCUT2D eigenvalue weighted by molar-refractivity contribution is 0.0624. The molecule has 0 aliphatic carbocycles. The first-order valence-electron chi connectivity index (χ1n) is 7.04. The van der Waals surface area contributed by atoms with E-state index in [9.17, 15) is 4.79 Å². The number of piperazine rings is 1. The van der Waals surface area contributed by atoms with Crippen LogP contribution in [0.3, 0.4) is 0 Å². The molecule has 110 valence electrons. The van der Waals surface area contributed by atoms with Gasteiger partial charge in [-0.3, -0.25) is 9.69 Å². The first kappa shape index (κ1) is 14.7. The van der Waals surface area contributed by atoms with Crippen molar-refractivity contribution in [1.82, 2.24) is 14.8 Å². The van der Waals surface area contributed by atoms with Gasteiger partial charge in [-0.2, -0.15) is 0 Å². The van der Waals surface area contributed by atoms with Gasteiger partial charge >= 0.3 is 0 Å². The fraction of sp³-hybridized carbons (Fsp3) is 0.571. The van der Waals surface area contributed by atoms with Gasteiger partial charge < -0.3 is 10.3 Å². The van der Waals surface area contributed by atoms with Gasteiger partial charge in [-0.05, 0) is 18.1 Å². The smallest absolute Gasteiger partial charge is 0.254 e. The second-order valence-electron chi connectivity index (χ2n) is 5.56. The minimum atomic E-state index is 0.0492. The van der Waals surface area contributed by atoms with Crippen molar-refractivity contribution in [3.63, 3.8) is 0 Å². The third-order valence-corrected chi connectivity index (χ3v) is 3.44. The average Bonchev–Trinajstić information content (AvgIpc) is 2.47. The van der Waals surface area contributed by atoms with E-state index in [2.05, 4.69) is 29.2 Å². The lowest BCUT2D eigenvalue weighted by Crippen LogP contribution is -2.49. The maximum atomic E-state index is 12.4. The number of carbonyl (C=O) groups excluding carboxylic acids is 1. The second-order valence-corrected chi connectivity index (χ2v) is 5.56. The molecule has 1 saturated heterocycles. The quantitative estimate of drug-likeness (QED) is 0.628. The topological polar surface area (TPSA) is 74.5 Å². The Balaban J connectivity index is 1.94. The largest absolute Gasteiger partial charge is 0.336 e. The summed E-state index contributed by atoms with van der Waals surface area (Å²) in [5.41, 5.74) is 3.09. The summed E-state index contributed by atoms with van der Waals surface area (Å²) in [6.45, 7) is 8.97. The fourth-order valence-electron chi connectivity index (χ4n) is 2.48. The van der Waals surface area contributed by atoms with Gasteiger partial charge in [0.05, 0.1) is 0 Å². The van der Waals surface area contributed by atoms with Crippen LogP contribution in [0.1, 0.15) is 24.2 Å². The SMILES string of the molecule is CC(C)CN1CCN(C(=O)c2ccnc(NN)c2)CC1. The van der Waals surface area contributed by atoms with Gasteiger partial charge in [-0.15, -0.1) is 0 Å². The van der Waals surface area contributed by atoms with Crippen molar-refractivity contribution in [2.45, 2.75) is 13.8 Å². The van der Waals surface area contributed by atoms with Gasteiger partial charge in [0.2, 0.25) is 0 Å². The molecule has 0 unspecified atom stereocenters. The zero-order chi connectivity index (χ0) is 14.5. The number of aromatic nitrogens is 1.